The van der Waals surface area contributed by atoms with Gasteiger partial charge in [0.05, 0.1) is 0 Å². The molecule has 0 atom stereocenters. The predicted octanol–water partition coefficient (Wildman–Crippen LogP) is 2.96. The fraction of sp³-hybridized carbons (Fsp3) is 0.875. The molecule has 0 aromatic heterocycles. The number of carbonyl (C=O) groups excluding carboxylic acids is 1. The first kappa shape index (κ1) is 10.4. The fourth-order valence-electron chi connectivity index (χ4n) is 0.820. The van der Waals surface area contributed by atoms with Gasteiger partial charge in [-0.25, -0.2) is 0 Å². The summed E-state index contributed by atoms with van der Waals surface area (Å²) in [4.78, 5) is 10.9. The minimum atomic E-state index is 0.437. The summed E-state index contributed by atoms with van der Waals surface area (Å²) in [5.74, 6) is 0.437. The topological polar surface area (TPSA) is 17.1 Å². The lowest BCUT2D eigenvalue weighted by atomic mass is 10.1. The molecule has 0 saturated carbocycles. The Morgan fingerprint density at radius 1 is 1.30 bits per heavy atom. The molecule has 0 fully saturated rings. The van der Waals surface area contributed by atoms with Crippen molar-refractivity contribution in [1.29, 1.82) is 0 Å². The zero-order valence-corrected chi connectivity index (χ0v) is 8.69. The van der Waals surface area contributed by atoms with Crippen molar-refractivity contribution in [3.8, 4) is 0 Å². The maximum absolute atomic E-state index is 10.9. The van der Waals surface area contributed by atoms with Gasteiger partial charge in [-0.05, 0) is 23.7 Å². The molecule has 0 unspecified atom stereocenters. The van der Waals surface area contributed by atoms with Crippen LogP contribution in [0.1, 0.15) is 39.0 Å². The van der Waals surface area contributed by atoms with E-state index in [0.29, 0.717) is 5.78 Å². The average Bonchev–Trinajstić information content (AvgIpc) is 1.89. The molecule has 0 aliphatic heterocycles. The Labute approximate surface area is 76.7 Å². The molecule has 0 aliphatic rings. The van der Waals surface area contributed by atoms with Gasteiger partial charge in [-0.3, -0.25) is 4.79 Å². The summed E-state index contributed by atoms with van der Waals surface area (Å²) in [7, 11) is 0. The Morgan fingerprint density at radius 3 is 2.50 bits per heavy atom. The molecule has 1 nitrogen and oxygen atoms in total. The molecule has 0 spiro atoms. The van der Waals surface area contributed by atoms with Crippen LogP contribution < -0.4 is 0 Å². The van der Waals surface area contributed by atoms with Crippen molar-refractivity contribution in [3.63, 3.8) is 0 Å². The zero-order chi connectivity index (χ0) is 7.82. The second kappa shape index (κ2) is 7.51. The second-order valence-corrected chi connectivity index (χ2v) is 3.51. The number of rotatable bonds is 6. The van der Waals surface area contributed by atoms with Crippen molar-refractivity contribution in [2.75, 3.05) is 4.43 Å². The Morgan fingerprint density at radius 2 is 2.00 bits per heavy atom. The highest BCUT2D eigenvalue weighted by molar-refractivity contribution is 14.1. The van der Waals surface area contributed by atoms with Crippen LogP contribution in [0, 0.1) is 0 Å². The number of unbranched alkanes of at least 4 members (excludes halogenated alkanes) is 1. The van der Waals surface area contributed by atoms with E-state index in [4.69, 9.17) is 0 Å². The molecule has 0 bridgehead atoms. The van der Waals surface area contributed by atoms with Gasteiger partial charge >= 0.3 is 0 Å². The molecule has 2 heteroatoms. The van der Waals surface area contributed by atoms with Crippen LogP contribution >= 0.6 is 22.6 Å². The van der Waals surface area contributed by atoms with E-state index in [9.17, 15) is 4.79 Å². The lowest BCUT2D eigenvalue weighted by Crippen LogP contribution is -1.96. The Kier molecular flexibility index (Phi) is 7.81. The quantitative estimate of drug-likeness (QED) is 0.404. The molecule has 0 N–H and O–H groups in total. The first-order valence-electron chi connectivity index (χ1n) is 3.89. The van der Waals surface area contributed by atoms with Gasteiger partial charge in [-0.15, -0.1) is 0 Å². The summed E-state index contributed by atoms with van der Waals surface area (Å²) in [5, 5.41) is 0. The zero-order valence-electron chi connectivity index (χ0n) is 6.53. The summed E-state index contributed by atoms with van der Waals surface area (Å²) >= 11 is 2.34. The van der Waals surface area contributed by atoms with Crippen molar-refractivity contribution in [3.05, 3.63) is 0 Å². The SMILES string of the molecule is CCCC(=O)CCCCI. The lowest BCUT2D eigenvalue weighted by Gasteiger charge is -1.95. The van der Waals surface area contributed by atoms with E-state index in [2.05, 4.69) is 29.5 Å². The Bertz CT molecular complexity index is 91.3. The van der Waals surface area contributed by atoms with Gasteiger partial charge < -0.3 is 0 Å². The summed E-state index contributed by atoms with van der Waals surface area (Å²) in [5.41, 5.74) is 0. The van der Waals surface area contributed by atoms with Gasteiger partial charge in [0, 0.05) is 12.8 Å². The third-order valence-corrected chi connectivity index (χ3v) is 2.13. The third kappa shape index (κ3) is 6.52. The highest BCUT2D eigenvalue weighted by atomic mass is 127. The minimum Gasteiger partial charge on any atom is -0.300 e. The number of Topliss-reactive ketones (excluding diaryl/α,β-unsaturated/α-hetero) is 1. The lowest BCUT2D eigenvalue weighted by molar-refractivity contribution is -0.119. The summed E-state index contributed by atoms with van der Waals surface area (Å²) in [6.07, 6.45) is 4.86. The molecular formula is C8H15IO. The Balaban J connectivity index is 3.05. The highest BCUT2D eigenvalue weighted by Gasteiger charge is 1.97. The van der Waals surface area contributed by atoms with E-state index in [1.54, 1.807) is 0 Å². The van der Waals surface area contributed by atoms with Gasteiger partial charge in [0.25, 0.3) is 0 Å². The number of hydrogen-bond donors (Lipinski definition) is 0. The number of carbonyl (C=O) groups is 1. The summed E-state index contributed by atoms with van der Waals surface area (Å²) in [6, 6.07) is 0. The smallest absolute Gasteiger partial charge is 0.132 e. The van der Waals surface area contributed by atoms with Crippen LogP contribution in [-0.2, 0) is 4.79 Å². The van der Waals surface area contributed by atoms with E-state index in [-0.39, 0.29) is 0 Å². The van der Waals surface area contributed by atoms with Crippen molar-refractivity contribution in [2.24, 2.45) is 0 Å². The number of ketones is 1. The largest absolute Gasteiger partial charge is 0.300 e. The molecule has 0 aromatic rings. The maximum Gasteiger partial charge on any atom is 0.132 e. The molecule has 0 heterocycles. The summed E-state index contributed by atoms with van der Waals surface area (Å²) < 4.78 is 1.18. The molecule has 0 radical (unpaired) electrons. The van der Waals surface area contributed by atoms with Gasteiger partial charge in [0.2, 0.25) is 0 Å². The molecule has 10 heavy (non-hydrogen) atoms. The highest BCUT2D eigenvalue weighted by Crippen LogP contribution is 2.02. The van der Waals surface area contributed by atoms with Crippen LogP contribution in [0.5, 0.6) is 0 Å². The number of hydrogen-bond acceptors (Lipinski definition) is 1. The normalized spacial score (nSPS) is 9.80. The average molecular weight is 254 g/mol. The molecule has 0 saturated heterocycles. The molecule has 0 amide bonds. The van der Waals surface area contributed by atoms with Gasteiger partial charge in [-0.1, -0.05) is 29.5 Å². The van der Waals surface area contributed by atoms with Crippen LogP contribution in [0.3, 0.4) is 0 Å². The van der Waals surface area contributed by atoms with Crippen LogP contribution in [0.25, 0.3) is 0 Å². The molecule has 0 aliphatic carbocycles. The second-order valence-electron chi connectivity index (χ2n) is 2.43. The first-order chi connectivity index (χ1) is 4.81. The standard InChI is InChI=1S/C8H15IO/c1-2-5-8(10)6-3-4-7-9/h2-7H2,1H3. The van der Waals surface area contributed by atoms with Crippen LogP contribution in [-0.4, -0.2) is 10.2 Å². The van der Waals surface area contributed by atoms with Gasteiger partial charge in [0.15, 0.2) is 0 Å². The number of alkyl halides is 1. The molecule has 0 rings (SSSR count). The maximum atomic E-state index is 10.9. The van der Waals surface area contributed by atoms with E-state index in [1.807, 2.05) is 0 Å². The van der Waals surface area contributed by atoms with Crippen molar-refractivity contribution < 1.29 is 4.79 Å². The van der Waals surface area contributed by atoms with E-state index >= 15 is 0 Å². The third-order valence-electron chi connectivity index (χ3n) is 1.37. The van der Waals surface area contributed by atoms with Crippen molar-refractivity contribution in [2.45, 2.75) is 39.0 Å². The van der Waals surface area contributed by atoms with Crippen LogP contribution in [0.2, 0.25) is 0 Å². The molecular weight excluding hydrogens is 239 g/mol. The van der Waals surface area contributed by atoms with Crippen molar-refractivity contribution in [1.82, 2.24) is 0 Å². The van der Waals surface area contributed by atoms with Crippen molar-refractivity contribution >= 4 is 28.4 Å². The number of halogens is 1. The minimum absolute atomic E-state index is 0.437. The van der Waals surface area contributed by atoms with E-state index < -0.39 is 0 Å². The first-order valence-corrected chi connectivity index (χ1v) is 5.41. The molecule has 60 valence electrons. The van der Waals surface area contributed by atoms with Crippen LogP contribution in [0.15, 0.2) is 0 Å². The fourth-order valence-corrected chi connectivity index (χ4v) is 1.36. The van der Waals surface area contributed by atoms with Gasteiger partial charge in [-0.2, -0.15) is 0 Å². The Hall–Kier alpha value is 0.400. The molecule has 0 aromatic carbocycles. The van der Waals surface area contributed by atoms with E-state index in [1.165, 1.54) is 10.8 Å². The van der Waals surface area contributed by atoms with E-state index in [0.717, 1.165) is 25.7 Å². The predicted molar refractivity (Wildman–Crippen MR) is 52.7 cm³/mol. The van der Waals surface area contributed by atoms with Crippen LogP contribution in [0.4, 0.5) is 0 Å². The summed E-state index contributed by atoms with van der Waals surface area (Å²) in [6.45, 7) is 2.05. The monoisotopic (exact) mass is 254 g/mol. The van der Waals surface area contributed by atoms with Gasteiger partial charge in [0.1, 0.15) is 5.78 Å².